The lowest BCUT2D eigenvalue weighted by atomic mass is 10.2. The van der Waals surface area contributed by atoms with E-state index < -0.39 is 6.07 Å². The molecule has 0 atom stereocenters. The molecule has 0 aliphatic carbocycles. The molecule has 0 aromatic rings. The maximum atomic E-state index is 10.6. The van der Waals surface area contributed by atoms with E-state index in [-0.39, 0.29) is 0 Å². The minimum Gasteiger partial charge on any atom is -0.306 e. The molecule has 0 saturated carbocycles. The fraction of sp³-hybridized carbons (Fsp3) is 1.00. The molecule has 0 heterocycles. The first kappa shape index (κ1) is 12.8. The molecule has 0 bridgehead atoms. The Labute approximate surface area is 83.6 Å². The smallest absolute Gasteiger partial charge is 0.306 e. The highest BCUT2D eigenvalue weighted by molar-refractivity contribution is 8.05. The third-order valence-corrected chi connectivity index (χ3v) is 2.56. The molecule has 0 aliphatic heterocycles. The predicted molar refractivity (Wildman–Crippen MR) is 54.0 cm³/mol. The summed E-state index contributed by atoms with van der Waals surface area (Å²) in [5.41, 5.74) is 0. The molecule has 0 amide bonds. The summed E-state index contributed by atoms with van der Waals surface area (Å²) < 4.78 is 15.3. The largest absolute Gasteiger partial charge is 0.380 e. The van der Waals surface area contributed by atoms with E-state index in [1.54, 1.807) is 0 Å². The lowest BCUT2D eigenvalue weighted by Gasteiger charge is -2.03. The predicted octanol–water partition coefficient (Wildman–Crippen LogP) is 4.56. The molecule has 0 spiro atoms. The molecule has 5 heteroatoms. The molecule has 0 radical (unpaired) electrons. The second-order valence-corrected chi connectivity index (χ2v) is 6.94. The number of rotatable bonds is 7. The Morgan fingerprint density at radius 1 is 1.17 bits per heavy atom. The zero-order valence-corrected chi connectivity index (χ0v) is 9.67. The van der Waals surface area contributed by atoms with Crippen LogP contribution in [0.3, 0.4) is 0 Å². The van der Waals surface area contributed by atoms with Crippen molar-refractivity contribution in [3.05, 3.63) is 0 Å². The summed E-state index contributed by atoms with van der Waals surface area (Å²) in [6, 6.07) is 0. The van der Waals surface area contributed by atoms with Gasteiger partial charge in [0.15, 0.2) is 0 Å². The van der Waals surface area contributed by atoms with E-state index in [4.69, 9.17) is 27.0 Å². The lowest BCUT2D eigenvalue weighted by molar-refractivity contribution is 0.320. The Hall–Kier alpha value is 0.770. The zero-order valence-electron chi connectivity index (χ0n) is 7.26. The van der Waals surface area contributed by atoms with Crippen LogP contribution in [0.1, 0.15) is 39.0 Å². The monoisotopic (exact) mass is 232 g/mol. The van der Waals surface area contributed by atoms with Crippen LogP contribution in [-0.2, 0) is 9.09 Å². The molecule has 0 rings (SSSR count). The van der Waals surface area contributed by atoms with Gasteiger partial charge in [0.1, 0.15) is 0 Å². The van der Waals surface area contributed by atoms with Crippen LogP contribution in [0.5, 0.6) is 0 Å². The van der Waals surface area contributed by atoms with E-state index in [0.29, 0.717) is 6.61 Å². The maximum absolute atomic E-state index is 10.6. The van der Waals surface area contributed by atoms with E-state index in [0.717, 1.165) is 12.8 Å². The summed E-state index contributed by atoms with van der Waals surface area (Å²) in [5.74, 6) is 0. The van der Waals surface area contributed by atoms with Crippen LogP contribution < -0.4 is 0 Å². The second-order valence-electron chi connectivity index (χ2n) is 2.66. The third-order valence-electron chi connectivity index (χ3n) is 1.49. The van der Waals surface area contributed by atoms with Crippen molar-refractivity contribution >= 4 is 28.6 Å². The van der Waals surface area contributed by atoms with Gasteiger partial charge >= 0.3 is 6.07 Å². The Balaban J connectivity index is 3.06. The van der Waals surface area contributed by atoms with Crippen LogP contribution in [0.25, 0.3) is 0 Å². The van der Waals surface area contributed by atoms with Crippen molar-refractivity contribution in [1.29, 1.82) is 0 Å². The minimum absolute atomic E-state index is 0.397. The SMILES string of the molecule is CCCCCCCOP(=O)(Cl)Cl. The summed E-state index contributed by atoms with van der Waals surface area (Å²) in [6.45, 7) is 2.55. The van der Waals surface area contributed by atoms with E-state index >= 15 is 0 Å². The zero-order chi connectivity index (χ0) is 9.45. The number of halogens is 2. The summed E-state index contributed by atoms with van der Waals surface area (Å²) in [7, 11) is 0. The molecular weight excluding hydrogens is 218 g/mol. The van der Waals surface area contributed by atoms with Gasteiger partial charge in [-0.15, -0.1) is 0 Å². The Kier molecular flexibility index (Phi) is 7.66. The van der Waals surface area contributed by atoms with Crippen LogP contribution in [0.15, 0.2) is 0 Å². The van der Waals surface area contributed by atoms with Crippen LogP contribution >= 0.6 is 28.6 Å². The molecule has 0 fully saturated rings. The summed E-state index contributed by atoms with van der Waals surface area (Å²) in [4.78, 5) is 0. The van der Waals surface area contributed by atoms with E-state index in [2.05, 4.69) is 6.92 Å². The van der Waals surface area contributed by atoms with Gasteiger partial charge in [-0.25, -0.2) is 0 Å². The number of unbranched alkanes of at least 4 members (excludes halogenated alkanes) is 4. The van der Waals surface area contributed by atoms with E-state index in [1.807, 2.05) is 0 Å². The van der Waals surface area contributed by atoms with Crippen molar-refractivity contribution < 1.29 is 9.09 Å². The summed E-state index contributed by atoms with van der Waals surface area (Å²) >= 11 is 10.3. The summed E-state index contributed by atoms with van der Waals surface area (Å²) in [6.07, 6.45) is 2.32. The van der Waals surface area contributed by atoms with Crippen LogP contribution in [0, 0.1) is 0 Å². The average molecular weight is 233 g/mol. The second kappa shape index (κ2) is 7.20. The van der Waals surface area contributed by atoms with Gasteiger partial charge in [0.2, 0.25) is 0 Å². The van der Waals surface area contributed by atoms with Gasteiger partial charge in [0.05, 0.1) is 6.61 Å². The molecule has 0 aliphatic rings. The van der Waals surface area contributed by atoms with Crippen molar-refractivity contribution in [3.63, 3.8) is 0 Å². The fourth-order valence-corrected chi connectivity index (χ4v) is 1.63. The number of hydrogen-bond donors (Lipinski definition) is 0. The summed E-state index contributed by atoms with van der Waals surface area (Å²) in [5, 5.41) is 0. The van der Waals surface area contributed by atoms with Gasteiger partial charge in [-0.05, 0) is 28.9 Å². The molecule has 12 heavy (non-hydrogen) atoms. The van der Waals surface area contributed by atoms with Crippen molar-refractivity contribution in [3.8, 4) is 0 Å². The first-order valence-electron chi connectivity index (χ1n) is 4.20. The van der Waals surface area contributed by atoms with Gasteiger partial charge < -0.3 is 4.52 Å². The van der Waals surface area contributed by atoms with E-state index in [9.17, 15) is 4.57 Å². The van der Waals surface area contributed by atoms with Crippen molar-refractivity contribution in [1.82, 2.24) is 0 Å². The molecule has 74 valence electrons. The van der Waals surface area contributed by atoms with Crippen LogP contribution in [0.2, 0.25) is 0 Å². The van der Waals surface area contributed by atoms with Crippen molar-refractivity contribution in [2.75, 3.05) is 6.61 Å². The fourth-order valence-electron chi connectivity index (χ4n) is 0.876. The Morgan fingerprint density at radius 3 is 2.25 bits per heavy atom. The topological polar surface area (TPSA) is 26.3 Å². The first-order valence-corrected chi connectivity index (χ1v) is 7.63. The van der Waals surface area contributed by atoms with Gasteiger partial charge in [-0.2, -0.15) is 0 Å². The lowest BCUT2D eigenvalue weighted by Crippen LogP contribution is -1.87. The Morgan fingerprint density at radius 2 is 1.75 bits per heavy atom. The van der Waals surface area contributed by atoms with Gasteiger partial charge in [-0.3, -0.25) is 4.57 Å². The molecule has 0 unspecified atom stereocenters. The van der Waals surface area contributed by atoms with Crippen LogP contribution in [-0.4, -0.2) is 6.61 Å². The Bertz CT molecular complexity index is 146. The molecule has 2 nitrogen and oxygen atoms in total. The first-order chi connectivity index (χ1) is 5.56. The molecule has 0 aromatic heterocycles. The normalized spacial score (nSPS) is 11.9. The minimum atomic E-state index is -3.28. The number of hydrogen-bond acceptors (Lipinski definition) is 2. The molecular formula is C7H15Cl2O2P. The van der Waals surface area contributed by atoms with Crippen LogP contribution in [0.4, 0.5) is 0 Å². The third kappa shape index (κ3) is 10.8. The van der Waals surface area contributed by atoms with Crippen molar-refractivity contribution in [2.24, 2.45) is 0 Å². The van der Waals surface area contributed by atoms with Gasteiger partial charge in [0, 0.05) is 0 Å². The highest BCUT2D eigenvalue weighted by atomic mass is 35.9. The quantitative estimate of drug-likeness (QED) is 0.476. The maximum Gasteiger partial charge on any atom is 0.380 e. The average Bonchev–Trinajstić information content (AvgIpc) is 1.94. The highest BCUT2D eigenvalue weighted by Gasteiger charge is 2.12. The van der Waals surface area contributed by atoms with E-state index in [1.165, 1.54) is 19.3 Å². The molecule has 0 saturated heterocycles. The molecule has 0 aromatic carbocycles. The van der Waals surface area contributed by atoms with Gasteiger partial charge in [0.25, 0.3) is 0 Å². The highest BCUT2D eigenvalue weighted by Crippen LogP contribution is 2.57. The molecule has 0 N–H and O–H groups in total. The van der Waals surface area contributed by atoms with Crippen molar-refractivity contribution in [2.45, 2.75) is 39.0 Å². The standard InChI is InChI=1S/C7H15Cl2O2P/c1-2-3-4-5-6-7-11-12(8,9)10/h2-7H2,1H3. The van der Waals surface area contributed by atoms with Gasteiger partial charge in [-0.1, -0.05) is 32.6 Å².